The maximum atomic E-state index is 13.0. The van der Waals surface area contributed by atoms with E-state index in [9.17, 15) is 4.79 Å². The van der Waals surface area contributed by atoms with Gasteiger partial charge in [0.1, 0.15) is 11.5 Å². The predicted octanol–water partition coefficient (Wildman–Crippen LogP) is 8.27. The number of anilines is 1. The Morgan fingerprint density at radius 2 is 1.88 bits per heavy atom. The van der Waals surface area contributed by atoms with Crippen molar-refractivity contribution in [3.8, 4) is 11.3 Å². The number of thiazole rings is 1. The maximum Gasteiger partial charge on any atom is 0.340 e. The Labute approximate surface area is 247 Å². The lowest BCUT2D eigenvalue weighted by Crippen LogP contribution is -2.49. The molecule has 4 aromatic rings. The number of esters is 1. The number of hydrogen-bond acceptors (Lipinski definition) is 8. The molecule has 1 saturated heterocycles. The lowest BCUT2D eigenvalue weighted by Gasteiger charge is -2.44. The Kier molecular flexibility index (Phi) is 7.79. The molecule has 1 saturated carbocycles. The van der Waals surface area contributed by atoms with Crippen LogP contribution in [0.1, 0.15) is 74.1 Å². The van der Waals surface area contributed by atoms with Gasteiger partial charge in [0.05, 0.1) is 56.3 Å². The molecule has 0 radical (unpaired) electrons. The van der Waals surface area contributed by atoms with Gasteiger partial charge in [0.25, 0.3) is 0 Å². The molecule has 2 aromatic carbocycles. The molecular weight excluding hydrogens is 569 g/mol. The van der Waals surface area contributed by atoms with Gasteiger partial charge in [-0.15, -0.1) is 11.3 Å². The summed E-state index contributed by atoms with van der Waals surface area (Å²) in [7, 11) is 0. The van der Waals surface area contributed by atoms with E-state index in [2.05, 4.69) is 28.9 Å². The first-order valence-corrected chi connectivity index (χ1v) is 15.4. The molecule has 2 aliphatic rings. The zero-order chi connectivity index (χ0) is 28.0. The van der Waals surface area contributed by atoms with Crippen molar-refractivity contribution in [2.45, 2.75) is 77.2 Å². The van der Waals surface area contributed by atoms with Crippen molar-refractivity contribution in [1.29, 1.82) is 0 Å². The Bertz CT molecular complexity index is 1520. The molecule has 40 heavy (non-hydrogen) atoms. The fourth-order valence-corrected chi connectivity index (χ4v) is 7.13. The van der Waals surface area contributed by atoms with Crippen LogP contribution in [-0.4, -0.2) is 40.9 Å². The fourth-order valence-electron chi connectivity index (χ4n) is 5.86. The second-order valence-corrected chi connectivity index (χ2v) is 12.4. The summed E-state index contributed by atoms with van der Waals surface area (Å²) in [4.78, 5) is 19.8. The molecule has 0 N–H and O–H groups in total. The summed E-state index contributed by atoms with van der Waals surface area (Å²) in [5, 5.41) is 5.47. The first-order valence-electron chi connectivity index (χ1n) is 13.7. The van der Waals surface area contributed by atoms with Crippen molar-refractivity contribution in [3.05, 3.63) is 62.8 Å². The summed E-state index contributed by atoms with van der Waals surface area (Å²) in [5.74, 6) is 0.930. The highest BCUT2D eigenvalue weighted by Crippen LogP contribution is 2.46. The Hall–Kier alpha value is -2.65. The van der Waals surface area contributed by atoms with Crippen LogP contribution in [-0.2, 0) is 16.1 Å². The highest BCUT2D eigenvalue weighted by Gasteiger charge is 2.37. The molecule has 0 spiro atoms. The van der Waals surface area contributed by atoms with Crippen LogP contribution in [0.4, 0.5) is 5.69 Å². The molecular formula is C30H31Cl2N3O4S. The van der Waals surface area contributed by atoms with E-state index in [1.807, 2.05) is 37.3 Å². The quantitative estimate of drug-likeness (QED) is 0.188. The number of rotatable bonds is 8. The molecule has 6 rings (SSSR count). The minimum absolute atomic E-state index is 0.0202. The topological polar surface area (TPSA) is 77.7 Å². The number of halogens is 2. The number of aromatic nitrogens is 2. The molecule has 1 aliphatic carbocycles. The standard InChI is InChI=1S/C30H31Cl2N3O4S/c1-4-37-30(36)20-12-26-24(33-15-40-26)13-25(20)35-16(2)10-19(11-17(35)3)38-14-21-28(34-39-29(21)18-8-9-18)27-22(31)6-5-7-23(27)32/h5-7,12-13,15-19H,4,8-11,14H2,1-3H3. The van der Waals surface area contributed by atoms with E-state index >= 15 is 0 Å². The summed E-state index contributed by atoms with van der Waals surface area (Å²) in [6.45, 7) is 6.88. The molecule has 2 unspecified atom stereocenters. The largest absolute Gasteiger partial charge is 0.462 e. The van der Waals surface area contributed by atoms with Crippen LogP contribution < -0.4 is 4.90 Å². The van der Waals surface area contributed by atoms with E-state index in [1.54, 1.807) is 5.51 Å². The molecule has 1 aliphatic heterocycles. The van der Waals surface area contributed by atoms with E-state index in [-0.39, 0.29) is 24.2 Å². The van der Waals surface area contributed by atoms with Crippen LogP contribution in [0.5, 0.6) is 0 Å². The van der Waals surface area contributed by atoms with Crippen molar-refractivity contribution in [1.82, 2.24) is 10.1 Å². The van der Waals surface area contributed by atoms with E-state index in [0.29, 0.717) is 46.0 Å². The van der Waals surface area contributed by atoms with Gasteiger partial charge in [0, 0.05) is 29.1 Å². The normalized spacial score (nSPS) is 21.2. The third kappa shape index (κ3) is 5.22. The van der Waals surface area contributed by atoms with Crippen LogP contribution in [0.25, 0.3) is 21.5 Å². The zero-order valence-electron chi connectivity index (χ0n) is 22.7. The number of fused-ring (bicyclic) bond motifs is 1. The number of piperidine rings is 1. The monoisotopic (exact) mass is 599 g/mol. The van der Waals surface area contributed by atoms with Gasteiger partial charge in [-0.1, -0.05) is 34.4 Å². The van der Waals surface area contributed by atoms with Gasteiger partial charge in [0.2, 0.25) is 0 Å². The number of carbonyl (C=O) groups excluding carboxylic acids is 1. The summed E-state index contributed by atoms with van der Waals surface area (Å²) >= 11 is 14.6. The number of ether oxygens (including phenoxy) is 2. The number of nitrogens with zero attached hydrogens (tertiary/aromatic N) is 3. The van der Waals surface area contributed by atoms with E-state index in [0.717, 1.165) is 52.9 Å². The average molecular weight is 601 g/mol. The third-order valence-corrected chi connectivity index (χ3v) is 9.23. The third-order valence-electron chi connectivity index (χ3n) is 7.81. The molecule has 2 aromatic heterocycles. The van der Waals surface area contributed by atoms with Crippen molar-refractivity contribution in [2.75, 3.05) is 11.5 Å². The molecule has 0 amide bonds. The van der Waals surface area contributed by atoms with Crippen molar-refractivity contribution in [3.63, 3.8) is 0 Å². The van der Waals surface area contributed by atoms with Gasteiger partial charge in [0.15, 0.2) is 0 Å². The van der Waals surface area contributed by atoms with Crippen LogP contribution in [0, 0.1) is 0 Å². The van der Waals surface area contributed by atoms with Gasteiger partial charge in [-0.25, -0.2) is 9.78 Å². The second kappa shape index (κ2) is 11.3. The van der Waals surface area contributed by atoms with E-state index in [1.165, 1.54) is 11.3 Å². The Morgan fingerprint density at radius 3 is 2.55 bits per heavy atom. The summed E-state index contributed by atoms with van der Waals surface area (Å²) in [6.07, 6.45) is 3.78. The number of benzene rings is 2. The SMILES string of the molecule is CCOC(=O)c1cc2scnc2cc1N1C(C)CC(OCc2c(-c3c(Cl)cccc3Cl)noc2C2CC2)CC1C. The van der Waals surface area contributed by atoms with Crippen LogP contribution in [0.3, 0.4) is 0 Å². The lowest BCUT2D eigenvalue weighted by atomic mass is 9.92. The van der Waals surface area contributed by atoms with Gasteiger partial charge < -0.3 is 18.9 Å². The van der Waals surface area contributed by atoms with Gasteiger partial charge >= 0.3 is 5.97 Å². The maximum absolute atomic E-state index is 13.0. The van der Waals surface area contributed by atoms with Crippen LogP contribution in [0.2, 0.25) is 10.0 Å². The van der Waals surface area contributed by atoms with Crippen LogP contribution >= 0.6 is 34.5 Å². The molecule has 0 bridgehead atoms. The highest BCUT2D eigenvalue weighted by molar-refractivity contribution is 7.16. The van der Waals surface area contributed by atoms with Crippen molar-refractivity contribution in [2.24, 2.45) is 0 Å². The van der Waals surface area contributed by atoms with Crippen molar-refractivity contribution >= 4 is 56.4 Å². The number of carbonyl (C=O) groups is 1. The smallest absolute Gasteiger partial charge is 0.340 e. The molecule has 210 valence electrons. The molecule has 7 nitrogen and oxygen atoms in total. The molecule has 3 heterocycles. The molecule has 2 fully saturated rings. The van der Waals surface area contributed by atoms with Gasteiger partial charge in [-0.05, 0) is 70.7 Å². The zero-order valence-corrected chi connectivity index (χ0v) is 25.0. The first kappa shape index (κ1) is 27.5. The van der Waals surface area contributed by atoms with Gasteiger partial charge in [-0.2, -0.15) is 0 Å². The predicted molar refractivity (Wildman–Crippen MR) is 159 cm³/mol. The van der Waals surface area contributed by atoms with Gasteiger partial charge in [-0.3, -0.25) is 0 Å². The first-order chi connectivity index (χ1) is 19.4. The average Bonchev–Trinajstić information content (AvgIpc) is 3.51. The Morgan fingerprint density at radius 1 is 1.15 bits per heavy atom. The minimum atomic E-state index is -0.309. The van der Waals surface area contributed by atoms with Crippen LogP contribution in [0.15, 0.2) is 40.4 Å². The summed E-state index contributed by atoms with van der Waals surface area (Å²) in [6, 6.07) is 9.63. The lowest BCUT2D eigenvalue weighted by molar-refractivity contribution is 0.00970. The second-order valence-electron chi connectivity index (χ2n) is 10.7. The van der Waals surface area contributed by atoms with Crippen molar-refractivity contribution < 1.29 is 18.8 Å². The number of hydrogen-bond donors (Lipinski definition) is 0. The fraction of sp³-hybridized carbons (Fsp3) is 0.433. The minimum Gasteiger partial charge on any atom is -0.462 e. The highest BCUT2D eigenvalue weighted by atomic mass is 35.5. The van der Waals surface area contributed by atoms with E-state index in [4.69, 9.17) is 37.2 Å². The molecule has 10 heteroatoms. The summed E-state index contributed by atoms with van der Waals surface area (Å²) < 4.78 is 18.8. The molecule has 2 atom stereocenters. The Balaban J connectivity index is 1.24. The summed E-state index contributed by atoms with van der Waals surface area (Å²) in [5.41, 5.74) is 6.40. The van der Waals surface area contributed by atoms with E-state index < -0.39 is 0 Å².